The van der Waals surface area contributed by atoms with Gasteiger partial charge < -0.3 is 42.5 Å². The number of benzene rings is 1. The first-order valence-corrected chi connectivity index (χ1v) is 11.7. The highest BCUT2D eigenvalue weighted by atomic mass is 16.4. The summed E-state index contributed by atoms with van der Waals surface area (Å²) in [4.78, 5) is 70.9. The number of imidazole rings is 1. The molecule has 38 heavy (non-hydrogen) atoms. The summed E-state index contributed by atoms with van der Waals surface area (Å²) in [7, 11) is 0. The number of aliphatic carboxylic acids is 1. The number of carbonyl (C=O) groups excluding carboxylic acids is 4. The maximum atomic E-state index is 12.8. The van der Waals surface area contributed by atoms with Crippen LogP contribution in [0.3, 0.4) is 0 Å². The van der Waals surface area contributed by atoms with E-state index < -0.39 is 60.2 Å². The highest BCUT2D eigenvalue weighted by Crippen LogP contribution is 2.18. The highest BCUT2D eigenvalue weighted by molar-refractivity contribution is 5.96. The van der Waals surface area contributed by atoms with Crippen molar-refractivity contribution in [3.8, 4) is 0 Å². The van der Waals surface area contributed by atoms with Gasteiger partial charge in [-0.05, 0) is 25.0 Å². The molecule has 4 unspecified atom stereocenters. The molecule has 4 amide bonds. The summed E-state index contributed by atoms with van der Waals surface area (Å²) in [6.07, 6.45) is 4.03. The van der Waals surface area contributed by atoms with Crippen LogP contribution in [-0.4, -0.2) is 73.8 Å². The predicted octanol–water partition coefficient (Wildman–Crippen LogP) is -1.56. The number of nitrogens with two attached hydrogens (primary N) is 2. The lowest BCUT2D eigenvalue weighted by Gasteiger charge is -2.23. The summed E-state index contributed by atoms with van der Waals surface area (Å²) in [5, 5.41) is 17.5. The van der Waals surface area contributed by atoms with Crippen molar-refractivity contribution in [3.05, 3.63) is 54.2 Å². The Labute approximate surface area is 216 Å². The van der Waals surface area contributed by atoms with Crippen LogP contribution in [0.5, 0.6) is 0 Å². The molecule has 0 saturated carbocycles. The number of carboxylic acids is 1. The number of hydrogen-bond donors (Lipinski definition) is 8. The lowest BCUT2D eigenvalue weighted by Crippen LogP contribution is -2.57. The van der Waals surface area contributed by atoms with E-state index in [9.17, 15) is 29.1 Å². The van der Waals surface area contributed by atoms with E-state index in [4.69, 9.17) is 11.5 Å². The van der Waals surface area contributed by atoms with E-state index in [0.717, 1.165) is 16.5 Å². The number of primary amides is 1. The number of aromatic nitrogens is 3. The number of carbonyl (C=O) groups is 5. The maximum Gasteiger partial charge on any atom is 0.326 e. The number of hydrogen-bond acceptors (Lipinski definition) is 7. The first-order chi connectivity index (χ1) is 18.0. The fraction of sp³-hybridized carbons (Fsp3) is 0.333. The number of aromatic amines is 2. The van der Waals surface area contributed by atoms with Crippen molar-refractivity contribution in [2.24, 2.45) is 11.5 Å². The van der Waals surface area contributed by atoms with Gasteiger partial charge in [0.05, 0.1) is 18.8 Å². The van der Waals surface area contributed by atoms with Crippen LogP contribution in [0, 0.1) is 0 Å². The number of carboxylic acid groups (broad SMARTS) is 1. The summed E-state index contributed by atoms with van der Waals surface area (Å²) in [5.41, 5.74) is 13.5. The van der Waals surface area contributed by atoms with Crippen molar-refractivity contribution >= 4 is 40.5 Å². The van der Waals surface area contributed by atoms with Crippen LogP contribution in [0.15, 0.2) is 43.0 Å². The molecular weight excluding hydrogens is 496 g/mol. The molecule has 2 heterocycles. The van der Waals surface area contributed by atoms with Gasteiger partial charge in [0.2, 0.25) is 23.6 Å². The molecule has 3 aromatic rings. The third-order valence-corrected chi connectivity index (χ3v) is 5.84. The lowest BCUT2D eigenvalue weighted by atomic mass is 10.0. The average Bonchev–Trinajstić information content (AvgIpc) is 3.52. The van der Waals surface area contributed by atoms with Gasteiger partial charge in [-0.2, -0.15) is 0 Å². The summed E-state index contributed by atoms with van der Waals surface area (Å²) < 4.78 is 0. The molecule has 3 rings (SSSR count). The second-order valence-corrected chi connectivity index (χ2v) is 8.81. The third kappa shape index (κ3) is 7.39. The standard InChI is InChI=1S/C24H30N8O6/c1-12(30-22(35)16(25)6-13-9-28-17-5-3-2-4-15(13)17)21(34)31-18(8-20(26)33)23(36)32-19(24(37)38)7-14-10-27-11-29-14/h2-5,9-12,16,18-19,28H,6-8,25H2,1H3,(H2,26,33)(H,27,29)(H,30,35)(H,31,34)(H,32,36)(H,37,38). The quantitative estimate of drug-likeness (QED) is 0.129. The van der Waals surface area contributed by atoms with Crippen molar-refractivity contribution in [3.63, 3.8) is 0 Å². The lowest BCUT2D eigenvalue weighted by molar-refractivity contribution is -0.142. The fourth-order valence-corrected chi connectivity index (χ4v) is 3.81. The van der Waals surface area contributed by atoms with E-state index >= 15 is 0 Å². The topological polar surface area (TPSA) is 238 Å². The average molecular weight is 527 g/mol. The zero-order valence-corrected chi connectivity index (χ0v) is 20.6. The Balaban J connectivity index is 1.59. The Kier molecular flexibility index (Phi) is 9.16. The monoisotopic (exact) mass is 526 g/mol. The molecule has 0 bridgehead atoms. The minimum absolute atomic E-state index is 0.112. The van der Waals surface area contributed by atoms with E-state index in [1.54, 1.807) is 6.20 Å². The second kappa shape index (κ2) is 12.5. The molecular formula is C24H30N8O6. The van der Waals surface area contributed by atoms with Crippen molar-refractivity contribution in [1.82, 2.24) is 30.9 Å². The number of rotatable bonds is 13. The van der Waals surface area contributed by atoms with Crippen molar-refractivity contribution < 1.29 is 29.1 Å². The Morgan fingerprint density at radius 2 is 1.68 bits per heavy atom. The normalized spacial score (nSPS) is 14.2. The molecule has 4 atom stereocenters. The Hall–Kier alpha value is -4.72. The molecule has 1 aromatic carbocycles. The van der Waals surface area contributed by atoms with Gasteiger partial charge in [-0.25, -0.2) is 9.78 Å². The van der Waals surface area contributed by atoms with Gasteiger partial charge >= 0.3 is 5.97 Å². The largest absolute Gasteiger partial charge is 0.480 e. The van der Waals surface area contributed by atoms with Gasteiger partial charge in [0.15, 0.2) is 0 Å². The Morgan fingerprint density at radius 1 is 0.974 bits per heavy atom. The smallest absolute Gasteiger partial charge is 0.326 e. The minimum Gasteiger partial charge on any atom is -0.480 e. The molecule has 202 valence electrons. The van der Waals surface area contributed by atoms with E-state index in [0.29, 0.717) is 5.69 Å². The summed E-state index contributed by atoms with van der Waals surface area (Å²) >= 11 is 0. The first kappa shape index (κ1) is 27.9. The van der Waals surface area contributed by atoms with Crippen molar-refractivity contribution in [2.45, 2.75) is 50.4 Å². The molecule has 14 heteroatoms. The molecule has 0 aliphatic rings. The van der Waals surface area contributed by atoms with Crippen LogP contribution in [0.2, 0.25) is 0 Å². The van der Waals surface area contributed by atoms with Crippen molar-refractivity contribution in [2.75, 3.05) is 0 Å². The number of nitrogens with one attached hydrogen (secondary N) is 5. The van der Waals surface area contributed by atoms with Gasteiger partial charge in [0.25, 0.3) is 0 Å². The number of amides is 4. The molecule has 2 aromatic heterocycles. The predicted molar refractivity (Wildman–Crippen MR) is 135 cm³/mol. The molecule has 0 fully saturated rings. The molecule has 0 saturated heterocycles. The molecule has 10 N–H and O–H groups in total. The molecule has 0 radical (unpaired) electrons. The molecule has 14 nitrogen and oxygen atoms in total. The van der Waals surface area contributed by atoms with Gasteiger partial charge in [-0.15, -0.1) is 0 Å². The summed E-state index contributed by atoms with van der Waals surface area (Å²) in [6, 6.07) is 2.61. The van der Waals surface area contributed by atoms with Gasteiger partial charge in [-0.3, -0.25) is 19.2 Å². The Bertz CT molecular complexity index is 1300. The fourth-order valence-electron chi connectivity index (χ4n) is 3.81. The number of nitrogens with zero attached hydrogens (tertiary/aromatic N) is 1. The zero-order valence-electron chi connectivity index (χ0n) is 20.6. The van der Waals surface area contributed by atoms with Crippen LogP contribution in [0.4, 0.5) is 0 Å². The van der Waals surface area contributed by atoms with E-state index in [1.165, 1.54) is 19.4 Å². The second-order valence-electron chi connectivity index (χ2n) is 8.81. The van der Waals surface area contributed by atoms with Crippen LogP contribution in [0.25, 0.3) is 10.9 Å². The maximum absolute atomic E-state index is 12.8. The van der Waals surface area contributed by atoms with E-state index in [-0.39, 0.29) is 12.8 Å². The summed E-state index contributed by atoms with van der Waals surface area (Å²) in [5.74, 6) is -4.55. The third-order valence-electron chi connectivity index (χ3n) is 5.84. The zero-order chi connectivity index (χ0) is 27.8. The molecule has 0 spiro atoms. The van der Waals surface area contributed by atoms with Crippen LogP contribution < -0.4 is 27.4 Å². The molecule has 0 aliphatic carbocycles. The highest BCUT2D eigenvalue weighted by Gasteiger charge is 2.30. The number of para-hydroxylation sites is 1. The number of H-pyrrole nitrogens is 2. The van der Waals surface area contributed by atoms with Gasteiger partial charge in [0, 0.05) is 35.4 Å². The van der Waals surface area contributed by atoms with Crippen LogP contribution >= 0.6 is 0 Å². The van der Waals surface area contributed by atoms with Crippen LogP contribution in [0.1, 0.15) is 24.6 Å². The van der Waals surface area contributed by atoms with Crippen LogP contribution in [-0.2, 0) is 36.8 Å². The summed E-state index contributed by atoms with van der Waals surface area (Å²) in [6.45, 7) is 1.38. The SMILES string of the molecule is CC(NC(=O)C(N)Cc1c[nH]c2ccccc12)C(=O)NC(CC(N)=O)C(=O)NC(Cc1cnc[nH]1)C(=O)O. The Morgan fingerprint density at radius 3 is 2.34 bits per heavy atom. The first-order valence-electron chi connectivity index (χ1n) is 11.7. The number of fused-ring (bicyclic) bond motifs is 1. The molecule has 0 aliphatic heterocycles. The van der Waals surface area contributed by atoms with Crippen molar-refractivity contribution in [1.29, 1.82) is 0 Å². The van der Waals surface area contributed by atoms with E-state index in [2.05, 4.69) is 30.9 Å². The van der Waals surface area contributed by atoms with Gasteiger partial charge in [-0.1, -0.05) is 18.2 Å². The van der Waals surface area contributed by atoms with E-state index in [1.807, 2.05) is 24.3 Å². The minimum atomic E-state index is -1.47. The van der Waals surface area contributed by atoms with Gasteiger partial charge in [0.1, 0.15) is 18.1 Å².